The number of aromatic nitrogens is 4. The van der Waals surface area contributed by atoms with E-state index in [2.05, 4.69) is 15.5 Å². The molecule has 2 aromatic heterocycles. The number of anilines is 2. The van der Waals surface area contributed by atoms with Gasteiger partial charge in [0.2, 0.25) is 0 Å². The van der Waals surface area contributed by atoms with Gasteiger partial charge in [0.1, 0.15) is 11.4 Å². The number of nitrogens with zero attached hydrogens (tertiary/aromatic N) is 5. The van der Waals surface area contributed by atoms with Crippen molar-refractivity contribution in [2.24, 2.45) is 17.1 Å². The minimum Gasteiger partial charge on any atom is -0.367 e. The summed E-state index contributed by atoms with van der Waals surface area (Å²) in [7, 11) is 0. The van der Waals surface area contributed by atoms with E-state index in [0.717, 1.165) is 30.3 Å². The summed E-state index contributed by atoms with van der Waals surface area (Å²) >= 11 is 0. The van der Waals surface area contributed by atoms with Gasteiger partial charge in [0.15, 0.2) is 11.6 Å². The van der Waals surface area contributed by atoms with Gasteiger partial charge in [-0.15, -0.1) is 0 Å². The lowest BCUT2D eigenvalue weighted by molar-refractivity contribution is -0.356. The van der Waals surface area contributed by atoms with Crippen molar-refractivity contribution in [3.05, 3.63) is 76.3 Å². The fourth-order valence-electron chi connectivity index (χ4n) is 6.79. The highest BCUT2D eigenvalue weighted by Crippen LogP contribution is 2.76. The molecule has 3 saturated carbocycles. The van der Waals surface area contributed by atoms with Crippen molar-refractivity contribution in [3.8, 4) is 5.69 Å². The molecule has 9 nitrogen and oxygen atoms in total. The zero-order chi connectivity index (χ0) is 30.5. The molecule has 224 valence electrons. The maximum atomic E-state index is 14.4. The summed E-state index contributed by atoms with van der Waals surface area (Å²) in [5, 5.41) is 12.0. The Hall–Kier alpha value is -4.33. The summed E-state index contributed by atoms with van der Waals surface area (Å²) in [4.78, 5) is 27.9. The topological polar surface area (TPSA) is 111 Å². The van der Waals surface area contributed by atoms with Crippen LogP contribution < -0.4 is 21.5 Å². The van der Waals surface area contributed by atoms with Gasteiger partial charge in [-0.1, -0.05) is 13.0 Å². The number of fused-ring (bicyclic) bond motifs is 1. The highest BCUT2D eigenvalue weighted by Gasteiger charge is 2.79. The van der Waals surface area contributed by atoms with Crippen molar-refractivity contribution in [3.63, 3.8) is 0 Å². The van der Waals surface area contributed by atoms with E-state index in [4.69, 9.17) is 5.73 Å². The predicted molar refractivity (Wildman–Crippen MR) is 147 cm³/mol. The van der Waals surface area contributed by atoms with E-state index < -0.39 is 45.9 Å². The van der Waals surface area contributed by atoms with Gasteiger partial charge in [0.25, 0.3) is 11.5 Å². The van der Waals surface area contributed by atoms with Crippen molar-refractivity contribution in [2.45, 2.75) is 43.9 Å². The Morgan fingerprint density at radius 3 is 2.33 bits per heavy atom. The normalized spacial score (nSPS) is 26.3. The molecule has 2 aromatic carbocycles. The molecule has 0 unspecified atom stereocenters. The quantitative estimate of drug-likeness (QED) is 0.331. The Kier molecular flexibility index (Phi) is 5.81. The first-order valence-corrected chi connectivity index (χ1v) is 13.8. The van der Waals surface area contributed by atoms with E-state index in [0.29, 0.717) is 40.0 Å². The van der Waals surface area contributed by atoms with Crippen LogP contribution in [0.15, 0.2) is 53.5 Å². The average Bonchev–Trinajstić information content (AvgIpc) is 3.44. The van der Waals surface area contributed by atoms with Crippen LogP contribution in [-0.2, 0) is 5.54 Å². The molecule has 43 heavy (non-hydrogen) atoms. The Morgan fingerprint density at radius 2 is 1.70 bits per heavy atom. The third-order valence-electron chi connectivity index (χ3n) is 9.17. The lowest BCUT2D eigenvalue weighted by Gasteiger charge is -2.69. The third-order valence-corrected chi connectivity index (χ3v) is 9.17. The number of nitrogens with one attached hydrogen (secondary N) is 1. The van der Waals surface area contributed by atoms with Crippen molar-refractivity contribution in [1.82, 2.24) is 19.6 Å². The SMILES string of the molecule is C[C@@H]1CN(c2c(NC(=O)c3ccc(=O)n(-c4c(F)cccc4F)n3)ccc3nn(C45CC(C(F)(F)F)(C4)C5)cc23)C[C@@H]1N. The molecule has 4 aromatic rings. The molecule has 4 fully saturated rings. The van der Waals surface area contributed by atoms with E-state index in [1.54, 1.807) is 23.0 Å². The summed E-state index contributed by atoms with van der Waals surface area (Å²) in [5.41, 5.74) is 3.67. The maximum absolute atomic E-state index is 14.4. The number of nitrogens with two attached hydrogens (primary N) is 1. The molecule has 2 bridgehead atoms. The minimum atomic E-state index is -4.25. The number of carbonyl (C=O) groups excluding carboxylic acids is 1. The predicted octanol–water partition coefficient (Wildman–Crippen LogP) is 4.34. The third kappa shape index (κ3) is 4.06. The first-order chi connectivity index (χ1) is 20.3. The van der Waals surface area contributed by atoms with Crippen LogP contribution >= 0.6 is 0 Å². The second kappa shape index (κ2) is 9.09. The van der Waals surface area contributed by atoms with Crippen LogP contribution in [0.4, 0.5) is 33.3 Å². The van der Waals surface area contributed by atoms with Gasteiger partial charge in [-0.05, 0) is 55.5 Å². The van der Waals surface area contributed by atoms with Crippen molar-refractivity contribution in [1.29, 1.82) is 0 Å². The average molecular weight is 600 g/mol. The van der Waals surface area contributed by atoms with Crippen molar-refractivity contribution in [2.75, 3.05) is 23.3 Å². The molecule has 0 spiro atoms. The molecule has 1 amide bonds. The summed E-state index contributed by atoms with van der Waals surface area (Å²) in [5.74, 6) is -2.68. The second-order valence-electron chi connectivity index (χ2n) is 12.0. The number of halogens is 5. The Bertz CT molecular complexity index is 1820. The van der Waals surface area contributed by atoms with Crippen LogP contribution in [0.25, 0.3) is 16.6 Å². The first kappa shape index (κ1) is 27.5. The Labute approximate surface area is 241 Å². The number of rotatable bonds is 5. The fourth-order valence-corrected chi connectivity index (χ4v) is 6.79. The maximum Gasteiger partial charge on any atom is 0.394 e. The first-order valence-electron chi connectivity index (χ1n) is 13.8. The summed E-state index contributed by atoms with van der Waals surface area (Å²) < 4.78 is 71.4. The van der Waals surface area contributed by atoms with E-state index in [1.165, 1.54) is 0 Å². The monoisotopic (exact) mass is 599 g/mol. The lowest BCUT2D eigenvalue weighted by atomic mass is 9.39. The number of amides is 1. The molecule has 3 aliphatic carbocycles. The Balaban J connectivity index is 1.25. The molecule has 8 rings (SSSR count). The molecular weight excluding hydrogens is 573 g/mol. The minimum absolute atomic E-state index is 0.0218. The van der Waals surface area contributed by atoms with Gasteiger partial charge in [-0.3, -0.25) is 14.3 Å². The fraction of sp³-hybridized carbons (Fsp3) is 0.379. The smallest absolute Gasteiger partial charge is 0.367 e. The van der Waals surface area contributed by atoms with Gasteiger partial charge < -0.3 is 16.0 Å². The largest absolute Gasteiger partial charge is 0.394 e. The van der Waals surface area contributed by atoms with Gasteiger partial charge in [0.05, 0.1) is 27.8 Å². The zero-order valence-corrected chi connectivity index (χ0v) is 22.8. The van der Waals surface area contributed by atoms with Crippen LogP contribution in [0, 0.1) is 23.0 Å². The van der Waals surface area contributed by atoms with Gasteiger partial charge >= 0.3 is 6.18 Å². The zero-order valence-electron chi connectivity index (χ0n) is 22.8. The standard InChI is InChI=1S/C29H26F5N7O2/c1-15-9-39(11-19(15)35)24-16-10-40(28-12-27(13-28,14-28)29(32,33)34)37-20(16)5-6-21(24)36-26(43)22-7-8-23(42)41(38-22)25-17(30)3-2-4-18(25)31/h2-8,10,15,19H,9,11-14,35H2,1H3,(H,36,43)/t15-,19+,27?,28?/m1/s1. The van der Waals surface area contributed by atoms with Crippen LogP contribution in [0.3, 0.4) is 0 Å². The summed E-state index contributed by atoms with van der Waals surface area (Å²) in [6, 6.07) is 8.36. The molecular formula is C29H26F5N7O2. The van der Waals surface area contributed by atoms with Crippen LogP contribution in [0.1, 0.15) is 36.7 Å². The Morgan fingerprint density at radius 1 is 1.00 bits per heavy atom. The van der Waals surface area contributed by atoms with E-state index in [1.807, 2.05) is 11.8 Å². The number of hydrogen-bond acceptors (Lipinski definition) is 6. The number of alkyl halides is 3. The number of hydrogen-bond donors (Lipinski definition) is 2. The van der Waals surface area contributed by atoms with Crippen LogP contribution in [-0.4, -0.2) is 50.8 Å². The highest BCUT2D eigenvalue weighted by molar-refractivity contribution is 6.08. The molecule has 14 heteroatoms. The van der Waals surface area contributed by atoms with Gasteiger partial charge in [-0.2, -0.15) is 28.1 Å². The molecule has 3 N–H and O–H groups in total. The van der Waals surface area contributed by atoms with Crippen LogP contribution in [0.5, 0.6) is 0 Å². The van der Waals surface area contributed by atoms with Gasteiger partial charge in [0, 0.05) is 36.8 Å². The van der Waals surface area contributed by atoms with E-state index in [9.17, 15) is 31.5 Å². The van der Waals surface area contributed by atoms with Crippen LogP contribution in [0.2, 0.25) is 0 Å². The number of benzene rings is 2. The molecule has 4 aliphatic rings. The molecule has 3 heterocycles. The van der Waals surface area contributed by atoms with Crippen molar-refractivity contribution < 1.29 is 26.7 Å². The highest BCUT2D eigenvalue weighted by atomic mass is 19.4. The second-order valence-corrected chi connectivity index (χ2v) is 12.0. The summed E-state index contributed by atoms with van der Waals surface area (Å²) in [6.45, 7) is 3.03. The van der Waals surface area contributed by atoms with E-state index in [-0.39, 0.29) is 36.9 Å². The van der Waals surface area contributed by atoms with Gasteiger partial charge in [-0.25, -0.2) is 8.78 Å². The van der Waals surface area contributed by atoms with E-state index >= 15 is 0 Å². The number of carbonyl (C=O) groups is 1. The molecule has 1 aliphatic heterocycles. The molecule has 1 saturated heterocycles. The lowest BCUT2D eigenvalue weighted by Crippen LogP contribution is -2.72. The summed E-state index contributed by atoms with van der Waals surface area (Å²) in [6.07, 6.45) is -2.59. The van der Waals surface area contributed by atoms with Crippen molar-refractivity contribution >= 4 is 28.2 Å². The molecule has 0 radical (unpaired) electrons. The molecule has 2 atom stereocenters. The number of para-hydroxylation sites is 1.